The normalized spacial score (nSPS) is 12.9. The van der Waals surface area contributed by atoms with E-state index in [1.807, 2.05) is 0 Å². The molecular formula is C18H26ClN3O9S. The van der Waals surface area contributed by atoms with E-state index in [1.165, 1.54) is 24.3 Å². The van der Waals surface area contributed by atoms with Gasteiger partial charge in [-0.05, 0) is 17.7 Å². The van der Waals surface area contributed by atoms with Crippen LogP contribution in [-0.4, -0.2) is 77.7 Å². The van der Waals surface area contributed by atoms with Gasteiger partial charge in [0.1, 0.15) is 31.7 Å². The molecule has 0 heterocycles. The number of nitrogens with one attached hydrogen (secondary N) is 1. The van der Waals surface area contributed by atoms with Crippen LogP contribution in [-0.2, 0) is 33.6 Å². The van der Waals surface area contributed by atoms with Crippen LogP contribution in [0.25, 0.3) is 0 Å². The third-order valence-electron chi connectivity index (χ3n) is 3.75. The molecule has 0 saturated carbocycles. The highest BCUT2D eigenvalue weighted by Crippen LogP contribution is 2.25. The number of alkyl halides is 1. The number of carbonyl (C=O) groups excluding carboxylic acids is 3. The summed E-state index contributed by atoms with van der Waals surface area (Å²) in [5.41, 5.74) is 10.8. The fraction of sp³-hybridized carbons (Fsp3) is 0.500. The molecule has 0 spiro atoms. The van der Waals surface area contributed by atoms with Gasteiger partial charge in [-0.3, -0.25) is 4.79 Å². The summed E-state index contributed by atoms with van der Waals surface area (Å²) in [6, 6.07) is 4.22. The number of hydrogen-bond acceptors (Lipinski definition) is 11. The van der Waals surface area contributed by atoms with Gasteiger partial charge >= 0.3 is 12.3 Å². The number of nitrogens with two attached hydrogens (primary N) is 2. The maximum absolute atomic E-state index is 12.1. The molecule has 5 N–H and O–H groups in total. The van der Waals surface area contributed by atoms with Crippen LogP contribution >= 0.6 is 11.6 Å². The van der Waals surface area contributed by atoms with Crippen LogP contribution in [0.2, 0.25) is 0 Å². The van der Waals surface area contributed by atoms with Crippen molar-refractivity contribution in [1.82, 2.24) is 5.32 Å². The first-order valence-electron chi connectivity index (χ1n) is 9.30. The molecule has 1 amide bonds. The van der Waals surface area contributed by atoms with Gasteiger partial charge in [0.25, 0.3) is 0 Å². The Morgan fingerprint density at radius 2 is 1.56 bits per heavy atom. The SMILES string of the molecule is CS(=O)(=O)c1ccc([C@@H](OC(=O)OCCN)[C@@H](COC(=O)OCCN)NC(=O)CCl)cc1. The minimum absolute atomic E-state index is 0.0219. The average Bonchev–Trinajstić information content (AvgIpc) is 2.76. The molecule has 1 rings (SSSR count). The van der Waals surface area contributed by atoms with Crippen molar-refractivity contribution in [2.24, 2.45) is 11.5 Å². The van der Waals surface area contributed by atoms with E-state index >= 15 is 0 Å². The second-order valence-corrected chi connectivity index (χ2v) is 8.56. The van der Waals surface area contributed by atoms with Gasteiger partial charge in [-0.2, -0.15) is 0 Å². The molecule has 14 heteroatoms. The largest absolute Gasteiger partial charge is 0.509 e. The molecule has 0 aromatic heterocycles. The summed E-state index contributed by atoms with van der Waals surface area (Å²) in [7, 11) is -3.48. The van der Waals surface area contributed by atoms with Crippen LogP contribution in [0.1, 0.15) is 11.7 Å². The second kappa shape index (κ2) is 13.7. The smallest absolute Gasteiger partial charge is 0.433 e. The van der Waals surface area contributed by atoms with Gasteiger partial charge < -0.3 is 35.7 Å². The summed E-state index contributed by atoms with van der Waals surface area (Å²) in [5.74, 6) is -1.07. The van der Waals surface area contributed by atoms with E-state index in [0.29, 0.717) is 0 Å². The van der Waals surface area contributed by atoms with Gasteiger partial charge in [0, 0.05) is 19.3 Å². The lowest BCUT2D eigenvalue weighted by Gasteiger charge is -2.27. The van der Waals surface area contributed by atoms with Crippen molar-refractivity contribution in [3.05, 3.63) is 29.8 Å². The summed E-state index contributed by atoms with van der Waals surface area (Å²) in [6.07, 6.45) is -2.38. The lowest BCUT2D eigenvalue weighted by atomic mass is 10.0. The number of carbonyl (C=O) groups is 3. The number of rotatable bonds is 12. The first-order chi connectivity index (χ1) is 15.1. The molecule has 0 aliphatic carbocycles. The van der Waals surface area contributed by atoms with Crippen LogP contribution in [0, 0.1) is 0 Å². The average molecular weight is 496 g/mol. The molecule has 0 fully saturated rings. The van der Waals surface area contributed by atoms with Crippen molar-refractivity contribution < 1.29 is 41.7 Å². The van der Waals surface area contributed by atoms with Gasteiger partial charge in [0.05, 0.1) is 4.90 Å². The van der Waals surface area contributed by atoms with Gasteiger partial charge in [-0.25, -0.2) is 18.0 Å². The fourth-order valence-electron chi connectivity index (χ4n) is 2.36. The third-order valence-corrected chi connectivity index (χ3v) is 5.12. The Bertz CT molecular complexity index is 865. The maximum Gasteiger partial charge on any atom is 0.509 e. The molecule has 0 bridgehead atoms. The fourth-order valence-corrected chi connectivity index (χ4v) is 3.07. The Morgan fingerprint density at radius 1 is 1.00 bits per heavy atom. The summed E-state index contributed by atoms with van der Waals surface area (Å²) in [4.78, 5) is 35.7. The molecule has 1 aromatic carbocycles. The van der Waals surface area contributed by atoms with Crippen molar-refractivity contribution in [2.75, 3.05) is 45.0 Å². The molecule has 32 heavy (non-hydrogen) atoms. The van der Waals surface area contributed by atoms with E-state index < -0.39 is 52.7 Å². The Hall–Kier alpha value is -2.61. The number of sulfone groups is 1. The van der Waals surface area contributed by atoms with E-state index in [0.717, 1.165) is 6.26 Å². The van der Waals surface area contributed by atoms with Crippen molar-refractivity contribution in [2.45, 2.75) is 17.0 Å². The summed E-state index contributed by atoms with van der Waals surface area (Å²) < 4.78 is 43.2. The topological polar surface area (TPSA) is 186 Å². The van der Waals surface area contributed by atoms with E-state index in [-0.39, 0.29) is 36.8 Å². The van der Waals surface area contributed by atoms with Crippen molar-refractivity contribution in [3.63, 3.8) is 0 Å². The zero-order valence-corrected chi connectivity index (χ0v) is 18.9. The maximum atomic E-state index is 12.1. The minimum Gasteiger partial charge on any atom is -0.433 e. The van der Waals surface area contributed by atoms with Gasteiger partial charge in [-0.1, -0.05) is 12.1 Å². The van der Waals surface area contributed by atoms with E-state index in [1.54, 1.807) is 0 Å². The zero-order valence-electron chi connectivity index (χ0n) is 17.3. The number of halogens is 1. The molecule has 1 aromatic rings. The molecule has 0 aliphatic heterocycles. The van der Waals surface area contributed by atoms with Crippen LogP contribution in [0.4, 0.5) is 9.59 Å². The van der Waals surface area contributed by atoms with Crippen LogP contribution in [0.5, 0.6) is 0 Å². The first-order valence-corrected chi connectivity index (χ1v) is 11.7. The van der Waals surface area contributed by atoms with Gasteiger partial charge in [0.15, 0.2) is 15.9 Å². The third kappa shape index (κ3) is 9.68. The minimum atomic E-state index is -3.48. The van der Waals surface area contributed by atoms with Crippen molar-refractivity contribution in [3.8, 4) is 0 Å². The molecule has 180 valence electrons. The summed E-state index contributed by atoms with van der Waals surface area (Å²) >= 11 is 5.55. The highest BCUT2D eigenvalue weighted by Gasteiger charge is 2.31. The molecule has 0 unspecified atom stereocenters. The highest BCUT2D eigenvalue weighted by atomic mass is 35.5. The molecule has 0 radical (unpaired) electrons. The number of amides is 1. The monoisotopic (exact) mass is 495 g/mol. The molecule has 12 nitrogen and oxygen atoms in total. The van der Waals surface area contributed by atoms with E-state index in [4.69, 9.17) is 42.0 Å². The Morgan fingerprint density at radius 3 is 2.06 bits per heavy atom. The van der Waals surface area contributed by atoms with Gasteiger partial charge in [0.2, 0.25) is 5.91 Å². The highest BCUT2D eigenvalue weighted by molar-refractivity contribution is 7.90. The Balaban J connectivity index is 3.21. The Labute approximate surface area is 190 Å². The van der Waals surface area contributed by atoms with Crippen LogP contribution < -0.4 is 16.8 Å². The first kappa shape index (κ1) is 27.4. The van der Waals surface area contributed by atoms with Crippen LogP contribution in [0.15, 0.2) is 29.2 Å². The zero-order chi connectivity index (χ0) is 24.1. The number of benzene rings is 1. The molecule has 0 aliphatic rings. The van der Waals surface area contributed by atoms with Crippen molar-refractivity contribution in [1.29, 1.82) is 0 Å². The second-order valence-electron chi connectivity index (χ2n) is 6.27. The van der Waals surface area contributed by atoms with Crippen LogP contribution in [0.3, 0.4) is 0 Å². The van der Waals surface area contributed by atoms with Gasteiger partial charge in [-0.15, -0.1) is 11.6 Å². The predicted molar refractivity (Wildman–Crippen MR) is 113 cm³/mol. The predicted octanol–water partition coefficient (Wildman–Crippen LogP) is 0.0786. The Kier molecular flexibility index (Phi) is 11.8. The standard InChI is InChI=1S/C18H26ClN3O9S/c1-32(26,27)13-4-2-12(3-5-13)16(31-18(25)29-9-7-21)14(22-15(23)10-19)11-30-17(24)28-8-6-20/h2-5,14,16H,6-11,20-21H2,1H3,(H,22,23)/t14-,16-/m1/s1. The lowest BCUT2D eigenvalue weighted by molar-refractivity contribution is -0.121. The van der Waals surface area contributed by atoms with E-state index in [9.17, 15) is 22.8 Å². The number of ether oxygens (including phenoxy) is 4. The summed E-state index contributed by atoms with van der Waals surface area (Å²) in [6.45, 7) is -0.567. The lowest BCUT2D eigenvalue weighted by Crippen LogP contribution is -2.45. The summed E-state index contributed by atoms with van der Waals surface area (Å²) in [5, 5.41) is 2.48. The molecule has 2 atom stereocenters. The van der Waals surface area contributed by atoms with E-state index in [2.05, 4.69) is 5.32 Å². The van der Waals surface area contributed by atoms with Crippen molar-refractivity contribution >= 4 is 39.7 Å². The molecule has 0 saturated heterocycles. The number of hydrogen-bond donors (Lipinski definition) is 3. The quantitative estimate of drug-likeness (QED) is 0.263. The molecular weight excluding hydrogens is 470 g/mol.